The minimum atomic E-state index is -0.368. The van der Waals surface area contributed by atoms with Gasteiger partial charge in [-0.15, -0.1) is 16.8 Å². The number of nitrogens with one attached hydrogen (secondary N) is 1. The second-order valence-corrected chi connectivity index (χ2v) is 9.42. The van der Waals surface area contributed by atoms with E-state index in [9.17, 15) is 4.79 Å². The summed E-state index contributed by atoms with van der Waals surface area (Å²) in [5.74, 6) is 2.74. The first kappa shape index (κ1) is 21.7. The number of carbonyl (C=O) groups excluding carboxylic acids is 1. The summed E-state index contributed by atoms with van der Waals surface area (Å²) in [7, 11) is 0. The Bertz CT molecular complexity index is 910. The van der Waals surface area contributed by atoms with Gasteiger partial charge in [-0.3, -0.25) is 9.36 Å². The maximum absolute atomic E-state index is 12.7. The van der Waals surface area contributed by atoms with Crippen molar-refractivity contribution in [2.75, 3.05) is 13.2 Å². The van der Waals surface area contributed by atoms with Gasteiger partial charge < -0.3 is 14.8 Å². The van der Waals surface area contributed by atoms with Gasteiger partial charge in [0.05, 0.1) is 5.25 Å². The van der Waals surface area contributed by atoms with Crippen LogP contribution in [0.3, 0.4) is 0 Å². The van der Waals surface area contributed by atoms with Crippen molar-refractivity contribution in [2.45, 2.75) is 62.1 Å². The van der Waals surface area contributed by atoms with Gasteiger partial charge in [0.1, 0.15) is 6.61 Å². The Labute approximate surface area is 187 Å². The molecule has 8 heteroatoms. The quantitative estimate of drug-likeness (QED) is 0.489. The average Bonchev–Trinajstić information content (AvgIpc) is 3.20. The predicted octanol–water partition coefficient (Wildman–Crippen LogP) is 4.15. The first-order chi connectivity index (χ1) is 15.2. The van der Waals surface area contributed by atoms with Gasteiger partial charge in [-0.1, -0.05) is 49.2 Å². The van der Waals surface area contributed by atoms with Crippen LogP contribution in [0.25, 0.3) is 0 Å². The number of rotatable bonds is 8. The molecule has 7 nitrogen and oxygen atoms in total. The van der Waals surface area contributed by atoms with Crippen molar-refractivity contribution < 1.29 is 14.3 Å². The number of amides is 1. The molecule has 2 atom stereocenters. The van der Waals surface area contributed by atoms with E-state index in [2.05, 4.69) is 22.1 Å². The molecular weight excluding hydrogens is 412 g/mol. The Balaban J connectivity index is 1.41. The highest BCUT2D eigenvalue weighted by atomic mass is 32.2. The number of thioether (sulfide) groups is 1. The van der Waals surface area contributed by atoms with Crippen LogP contribution >= 0.6 is 11.8 Å². The van der Waals surface area contributed by atoms with Crippen LogP contribution in [0.5, 0.6) is 11.5 Å². The molecule has 1 saturated carbocycles. The van der Waals surface area contributed by atoms with E-state index in [1.807, 2.05) is 35.8 Å². The fourth-order valence-corrected chi connectivity index (χ4v) is 4.95. The van der Waals surface area contributed by atoms with Crippen molar-refractivity contribution >= 4 is 17.7 Å². The molecule has 0 spiro atoms. The Hall–Kier alpha value is -2.48. The number of hydrogen-bond acceptors (Lipinski definition) is 6. The van der Waals surface area contributed by atoms with Crippen LogP contribution in [-0.4, -0.2) is 39.1 Å². The summed E-state index contributed by atoms with van der Waals surface area (Å²) in [6.07, 6.45) is 7.72. The highest BCUT2D eigenvalue weighted by molar-refractivity contribution is 8.00. The van der Waals surface area contributed by atoms with Crippen molar-refractivity contribution in [1.29, 1.82) is 0 Å². The van der Waals surface area contributed by atoms with E-state index in [1.54, 1.807) is 6.08 Å². The lowest BCUT2D eigenvalue weighted by molar-refractivity contribution is -0.120. The standard InChI is InChI=1S/C23H30N4O3S/c1-3-13-27-21(20-15-29-18-11-7-8-12-19(18)30-20)25-26-23(27)31-16(2)22(28)24-14-17-9-5-4-6-10-17/h3,7-8,11-12,16-17,20H,1,4-6,9-10,13-15H2,2H3,(H,24,28). The monoisotopic (exact) mass is 442 g/mol. The van der Waals surface area contributed by atoms with Gasteiger partial charge in [-0.2, -0.15) is 0 Å². The second-order valence-electron chi connectivity index (χ2n) is 8.11. The van der Waals surface area contributed by atoms with E-state index >= 15 is 0 Å². The maximum atomic E-state index is 12.7. The van der Waals surface area contributed by atoms with Gasteiger partial charge in [-0.05, 0) is 37.8 Å². The average molecular weight is 443 g/mol. The molecule has 0 saturated heterocycles. The summed E-state index contributed by atoms with van der Waals surface area (Å²) in [5.41, 5.74) is 0. The summed E-state index contributed by atoms with van der Waals surface area (Å²) in [6, 6.07) is 7.59. The lowest BCUT2D eigenvalue weighted by Crippen LogP contribution is -2.35. The number of hydrogen-bond donors (Lipinski definition) is 1. The number of carbonyl (C=O) groups is 1. The number of allylic oxidation sites excluding steroid dienone is 1. The van der Waals surface area contributed by atoms with Gasteiger partial charge in [0, 0.05) is 13.1 Å². The molecule has 0 bridgehead atoms. The molecule has 1 aliphatic carbocycles. The third-order valence-electron chi connectivity index (χ3n) is 5.79. The largest absolute Gasteiger partial charge is 0.485 e. The minimum absolute atomic E-state index is 0.0384. The molecule has 2 unspecified atom stereocenters. The summed E-state index contributed by atoms with van der Waals surface area (Å²) >= 11 is 1.41. The molecule has 31 heavy (non-hydrogen) atoms. The van der Waals surface area contributed by atoms with E-state index in [1.165, 1.54) is 43.9 Å². The molecule has 1 N–H and O–H groups in total. The molecule has 166 valence electrons. The number of benzene rings is 1. The summed E-state index contributed by atoms with van der Waals surface area (Å²) in [4.78, 5) is 12.7. The molecule has 2 heterocycles. The number of aromatic nitrogens is 3. The highest BCUT2D eigenvalue weighted by Crippen LogP contribution is 2.36. The summed E-state index contributed by atoms with van der Waals surface area (Å²) < 4.78 is 13.9. The van der Waals surface area contributed by atoms with Crippen LogP contribution in [0.15, 0.2) is 42.1 Å². The lowest BCUT2D eigenvalue weighted by Gasteiger charge is -2.26. The predicted molar refractivity (Wildman–Crippen MR) is 120 cm³/mol. The van der Waals surface area contributed by atoms with E-state index < -0.39 is 0 Å². The Morgan fingerprint density at radius 1 is 1.29 bits per heavy atom. The van der Waals surface area contributed by atoms with Crippen LogP contribution in [0.4, 0.5) is 0 Å². The van der Waals surface area contributed by atoms with Crippen LogP contribution in [0.2, 0.25) is 0 Å². The van der Waals surface area contributed by atoms with Gasteiger partial charge >= 0.3 is 0 Å². The first-order valence-corrected chi connectivity index (χ1v) is 11.9. The molecule has 2 aliphatic rings. The molecular formula is C23H30N4O3S. The molecule has 1 aliphatic heterocycles. The number of ether oxygens (including phenoxy) is 2. The maximum Gasteiger partial charge on any atom is 0.233 e. The van der Waals surface area contributed by atoms with E-state index in [-0.39, 0.29) is 17.3 Å². The van der Waals surface area contributed by atoms with Crippen molar-refractivity contribution in [3.63, 3.8) is 0 Å². The zero-order chi connectivity index (χ0) is 21.6. The van der Waals surface area contributed by atoms with E-state index in [0.717, 1.165) is 12.3 Å². The zero-order valence-corrected chi connectivity index (χ0v) is 18.8. The fraction of sp³-hybridized carbons (Fsp3) is 0.522. The smallest absolute Gasteiger partial charge is 0.233 e. The van der Waals surface area contributed by atoms with Crippen LogP contribution < -0.4 is 14.8 Å². The zero-order valence-electron chi connectivity index (χ0n) is 18.0. The van der Waals surface area contributed by atoms with E-state index in [4.69, 9.17) is 9.47 Å². The fourth-order valence-electron chi connectivity index (χ4n) is 4.06. The van der Waals surface area contributed by atoms with Gasteiger partial charge in [0.25, 0.3) is 0 Å². The third-order valence-corrected chi connectivity index (χ3v) is 6.88. The Morgan fingerprint density at radius 3 is 2.84 bits per heavy atom. The highest BCUT2D eigenvalue weighted by Gasteiger charge is 2.29. The Kier molecular flexibility index (Phi) is 7.17. The van der Waals surface area contributed by atoms with Crippen LogP contribution in [-0.2, 0) is 11.3 Å². The molecule has 2 aromatic rings. The van der Waals surface area contributed by atoms with Crippen molar-refractivity contribution in [3.05, 3.63) is 42.7 Å². The van der Waals surface area contributed by atoms with Crippen LogP contribution in [0, 0.1) is 5.92 Å². The molecule has 0 radical (unpaired) electrons. The van der Waals surface area contributed by atoms with Gasteiger partial charge in [-0.25, -0.2) is 0 Å². The van der Waals surface area contributed by atoms with E-state index in [0.29, 0.717) is 35.8 Å². The van der Waals surface area contributed by atoms with Crippen molar-refractivity contribution in [2.24, 2.45) is 5.92 Å². The second kappa shape index (κ2) is 10.2. The molecule has 4 rings (SSSR count). The number of fused-ring (bicyclic) bond motifs is 1. The Morgan fingerprint density at radius 2 is 2.06 bits per heavy atom. The molecule has 1 fully saturated rings. The summed E-state index contributed by atoms with van der Waals surface area (Å²) in [6.45, 7) is 7.41. The normalized spacial score (nSPS) is 19.6. The first-order valence-electron chi connectivity index (χ1n) is 11.0. The molecule has 1 aromatic heterocycles. The number of nitrogens with zero attached hydrogens (tertiary/aromatic N) is 3. The van der Waals surface area contributed by atoms with Crippen LogP contribution in [0.1, 0.15) is 51.0 Å². The molecule has 1 amide bonds. The van der Waals surface area contributed by atoms with Gasteiger partial charge in [0.15, 0.2) is 28.6 Å². The topological polar surface area (TPSA) is 78.3 Å². The lowest BCUT2D eigenvalue weighted by atomic mass is 9.89. The van der Waals surface area contributed by atoms with Crippen molar-refractivity contribution in [1.82, 2.24) is 20.1 Å². The van der Waals surface area contributed by atoms with Gasteiger partial charge in [0.2, 0.25) is 5.91 Å². The summed E-state index contributed by atoms with van der Waals surface area (Å²) in [5, 5.41) is 12.3. The molecule has 1 aromatic carbocycles. The number of para-hydroxylation sites is 2. The SMILES string of the molecule is C=CCn1c(SC(C)C(=O)NCC2CCCCC2)nnc1C1COc2ccccc2O1. The minimum Gasteiger partial charge on any atom is -0.485 e. The third kappa shape index (κ3) is 5.23. The van der Waals surface area contributed by atoms with Crippen molar-refractivity contribution in [3.8, 4) is 11.5 Å².